The largest absolute Gasteiger partial charge is 0.444 e. The lowest BCUT2D eigenvalue weighted by molar-refractivity contribution is 0.0170. The molecular formula is C22H35FIN5O2. The Morgan fingerprint density at radius 3 is 2.39 bits per heavy atom. The predicted molar refractivity (Wildman–Crippen MR) is 133 cm³/mol. The molecule has 1 aromatic carbocycles. The minimum Gasteiger partial charge on any atom is -0.444 e. The topological polar surface area (TPSA) is 74.4 Å². The highest BCUT2D eigenvalue weighted by Crippen LogP contribution is 2.20. The number of halogens is 2. The molecule has 9 heteroatoms. The zero-order chi connectivity index (χ0) is 21.7. The first kappa shape index (κ1) is 25.5. The minimum absolute atomic E-state index is 0. The zero-order valence-electron chi connectivity index (χ0n) is 18.7. The number of piperidine rings is 1. The maximum atomic E-state index is 13.1. The molecule has 0 aliphatic carbocycles. The number of nitrogens with zero attached hydrogens (tertiary/aromatic N) is 4. The van der Waals surface area contributed by atoms with E-state index < -0.39 is 5.60 Å². The number of hydrogen-bond donors (Lipinski definition) is 1. The van der Waals surface area contributed by atoms with E-state index in [0.29, 0.717) is 25.0 Å². The van der Waals surface area contributed by atoms with Crippen molar-refractivity contribution in [2.45, 2.75) is 39.2 Å². The molecule has 1 atom stereocenters. The molecule has 0 aromatic heterocycles. The lowest BCUT2D eigenvalue weighted by Gasteiger charge is -2.37. The first-order valence-electron chi connectivity index (χ1n) is 10.7. The Balaban J connectivity index is 0.00000341. The molecule has 31 heavy (non-hydrogen) atoms. The van der Waals surface area contributed by atoms with E-state index >= 15 is 0 Å². The molecule has 0 bridgehead atoms. The van der Waals surface area contributed by atoms with Gasteiger partial charge in [-0.25, -0.2) is 9.18 Å². The summed E-state index contributed by atoms with van der Waals surface area (Å²) >= 11 is 0. The van der Waals surface area contributed by atoms with Crippen molar-refractivity contribution in [2.75, 3.05) is 50.7 Å². The van der Waals surface area contributed by atoms with Crippen molar-refractivity contribution in [3.63, 3.8) is 0 Å². The quantitative estimate of drug-likeness (QED) is 0.356. The number of likely N-dealkylation sites (tertiary alicyclic amines) is 1. The number of aliphatic imine (C=N–C) groups is 1. The van der Waals surface area contributed by atoms with Crippen LogP contribution >= 0.6 is 24.0 Å². The fraction of sp³-hybridized carbons (Fsp3) is 0.636. The number of anilines is 1. The lowest BCUT2D eigenvalue weighted by Crippen LogP contribution is -2.51. The second-order valence-electron chi connectivity index (χ2n) is 9.08. The van der Waals surface area contributed by atoms with Crippen LogP contribution in [0.4, 0.5) is 14.9 Å². The lowest BCUT2D eigenvalue weighted by atomic mass is 9.98. The van der Waals surface area contributed by atoms with Crippen LogP contribution in [0.5, 0.6) is 0 Å². The van der Waals surface area contributed by atoms with Gasteiger partial charge in [0, 0.05) is 51.5 Å². The van der Waals surface area contributed by atoms with E-state index in [-0.39, 0.29) is 35.9 Å². The van der Waals surface area contributed by atoms with Gasteiger partial charge in [0.1, 0.15) is 11.4 Å². The normalized spacial score (nSPS) is 20.3. The van der Waals surface area contributed by atoms with Crippen LogP contribution in [-0.4, -0.2) is 73.3 Å². The van der Waals surface area contributed by atoms with Crippen molar-refractivity contribution in [3.05, 3.63) is 30.1 Å². The summed E-state index contributed by atoms with van der Waals surface area (Å²) in [6.07, 6.45) is 1.74. The highest BCUT2D eigenvalue weighted by molar-refractivity contribution is 14.0. The van der Waals surface area contributed by atoms with Gasteiger partial charge in [0.25, 0.3) is 0 Å². The maximum absolute atomic E-state index is 13.1. The van der Waals surface area contributed by atoms with Crippen LogP contribution in [-0.2, 0) is 4.74 Å². The standard InChI is InChI=1S/C22H34FN5O2.HI/c1-22(2,3)30-21(29)28-10-4-5-17(16-28)15-25-20(24)27-13-11-26(12-14-27)19-8-6-18(23)7-9-19;/h6-9,17H,4-5,10-16H2,1-3H3,(H2,24,25);1H. The summed E-state index contributed by atoms with van der Waals surface area (Å²) in [5.74, 6) is 0.634. The van der Waals surface area contributed by atoms with E-state index in [1.165, 1.54) is 12.1 Å². The number of rotatable bonds is 3. The first-order chi connectivity index (χ1) is 14.2. The molecule has 1 unspecified atom stereocenters. The average molecular weight is 547 g/mol. The fourth-order valence-corrected chi connectivity index (χ4v) is 3.87. The number of benzene rings is 1. The summed E-state index contributed by atoms with van der Waals surface area (Å²) < 4.78 is 18.6. The highest BCUT2D eigenvalue weighted by atomic mass is 127. The molecule has 0 saturated carbocycles. The molecule has 0 spiro atoms. The number of carbonyl (C=O) groups excluding carboxylic acids is 1. The van der Waals surface area contributed by atoms with Gasteiger partial charge in [0.15, 0.2) is 5.96 Å². The van der Waals surface area contributed by atoms with Crippen LogP contribution in [0.15, 0.2) is 29.3 Å². The molecule has 7 nitrogen and oxygen atoms in total. The van der Waals surface area contributed by atoms with Crippen molar-refractivity contribution < 1.29 is 13.9 Å². The average Bonchev–Trinajstić information content (AvgIpc) is 2.72. The molecule has 0 radical (unpaired) electrons. The van der Waals surface area contributed by atoms with Gasteiger partial charge in [-0.3, -0.25) is 4.99 Å². The highest BCUT2D eigenvalue weighted by Gasteiger charge is 2.27. The molecule has 2 saturated heterocycles. The fourth-order valence-electron chi connectivity index (χ4n) is 3.87. The molecule has 174 valence electrons. The van der Waals surface area contributed by atoms with Crippen LogP contribution in [0.1, 0.15) is 33.6 Å². The summed E-state index contributed by atoms with van der Waals surface area (Å²) in [7, 11) is 0. The molecule has 2 heterocycles. The number of ether oxygens (including phenoxy) is 1. The van der Waals surface area contributed by atoms with Crippen LogP contribution in [0, 0.1) is 11.7 Å². The van der Waals surface area contributed by atoms with Gasteiger partial charge in [0.2, 0.25) is 0 Å². The van der Waals surface area contributed by atoms with E-state index in [1.807, 2.05) is 32.9 Å². The molecule has 2 N–H and O–H groups in total. The van der Waals surface area contributed by atoms with Gasteiger partial charge in [-0.15, -0.1) is 24.0 Å². The molecule has 1 aromatic rings. The van der Waals surface area contributed by atoms with E-state index in [4.69, 9.17) is 10.5 Å². The summed E-state index contributed by atoms with van der Waals surface area (Å²) in [5, 5.41) is 0. The number of nitrogens with two attached hydrogens (primary N) is 1. The third kappa shape index (κ3) is 7.69. The summed E-state index contributed by atoms with van der Waals surface area (Å²) in [6, 6.07) is 6.59. The van der Waals surface area contributed by atoms with Gasteiger partial charge < -0.3 is 25.2 Å². The van der Waals surface area contributed by atoms with Gasteiger partial charge in [-0.05, 0) is 63.8 Å². The SMILES string of the molecule is CC(C)(C)OC(=O)N1CCCC(CN=C(N)N2CCN(c3ccc(F)cc3)CC2)C1.I. The third-order valence-electron chi connectivity index (χ3n) is 5.48. The number of piperazine rings is 1. The van der Waals surface area contributed by atoms with E-state index in [0.717, 1.165) is 51.3 Å². The van der Waals surface area contributed by atoms with Crippen molar-refractivity contribution in [1.82, 2.24) is 9.80 Å². The number of hydrogen-bond acceptors (Lipinski definition) is 4. The van der Waals surface area contributed by atoms with Gasteiger partial charge >= 0.3 is 6.09 Å². The summed E-state index contributed by atoms with van der Waals surface area (Å²) in [6.45, 7) is 10.8. The molecule has 1 amide bonds. The van der Waals surface area contributed by atoms with Gasteiger partial charge in [0.05, 0.1) is 0 Å². The Kier molecular flexibility index (Phi) is 9.20. The second kappa shape index (κ2) is 11.2. The molecule has 2 aliphatic heterocycles. The Bertz CT molecular complexity index is 745. The molecule has 3 rings (SSSR count). The van der Waals surface area contributed by atoms with Crippen LogP contribution in [0.25, 0.3) is 0 Å². The smallest absolute Gasteiger partial charge is 0.410 e. The minimum atomic E-state index is -0.483. The summed E-state index contributed by atoms with van der Waals surface area (Å²) in [4.78, 5) is 23.0. The van der Waals surface area contributed by atoms with Crippen LogP contribution in [0.3, 0.4) is 0 Å². The molecular weight excluding hydrogens is 512 g/mol. The second-order valence-corrected chi connectivity index (χ2v) is 9.08. The Morgan fingerprint density at radius 2 is 1.77 bits per heavy atom. The van der Waals surface area contributed by atoms with Crippen molar-refractivity contribution in [2.24, 2.45) is 16.6 Å². The summed E-state index contributed by atoms with van der Waals surface area (Å²) in [5.41, 5.74) is 6.79. The van der Waals surface area contributed by atoms with Crippen molar-refractivity contribution in [3.8, 4) is 0 Å². The monoisotopic (exact) mass is 547 g/mol. The zero-order valence-corrected chi connectivity index (χ0v) is 21.0. The van der Waals surface area contributed by atoms with E-state index in [9.17, 15) is 9.18 Å². The molecule has 2 aliphatic rings. The maximum Gasteiger partial charge on any atom is 0.410 e. The number of amides is 1. The Hall–Kier alpha value is -1.78. The van der Waals surface area contributed by atoms with Gasteiger partial charge in [-0.1, -0.05) is 0 Å². The third-order valence-corrected chi connectivity index (χ3v) is 5.48. The Morgan fingerprint density at radius 1 is 1.13 bits per heavy atom. The number of guanidine groups is 1. The Labute approximate surface area is 201 Å². The van der Waals surface area contributed by atoms with Crippen molar-refractivity contribution in [1.29, 1.82) is 0 Å². The van der Waals surface area contributed by atoms with Gasteiger partial charge in [-0.2, -0.15) is 0 Å². The van der Waals surface area contributed by atoms with E-state index in [2.05, 4.69) is 14.8 Å². The van der Waals surface area contributed by atoms with Crippen LogP contribution in [0.2, 0.25) is 0 Å². The number of carbonyl (C=O) groups is 1. The van der Waals surface area contributed by atoms with Crippen LogP contribution < -0.4 is 10.6 Å². The van der Waals surface area contributed by atoms with Crippen molar-refractivity contribution >= 4 is 41.7 Å². The van der Waals surface area contributed by atoms with E-state index in [1.54, 1.807) is 4.90 Å². The predicted octanol–water partition coefficient (Wildman–Crippen LogP) is 3.53. The molecule has 2 fully saturated rings. The first-order valence-corrected chi connectivity index (χ1v) is 10.7.